The maximum atomic E-state index is 11.3. The minimum atomic E-state index is -0.164. The lowest BCUT2D eigenvalue weighted by atomic mass is 9.99. The zero-order chi connectivity index (χ0) is 13.4. The molecule has 1 aromatic heterocycles. The number of anilines is 1. The van der Waals surface area contributed by atoms with Gasteiger partial charge in [-0.2, -0.15) is 0 Å². The van der Waals surface area contributed by atoms with E-state index in [1.165, 1.54) is 25.7 Å². The maximum Gasteiger partial charge on any atom is 0.323 e. The molecule has 19 heavy (non-hydrogen) atoms. The third kappa shape index (κ3) is 2.56. The third-order valence-electron chi connectivity index (χ3n) is 4.09. The highest BCUT2D eigenvalue weighted by Gasteiger charge is 2.22. The molecule has 0 aliphatic heterocycles. The van der Waals surface area contributed by atoms with E-state index in [0.717, 1.165) is 27.1 Å². The van der Waals surface area contributed by atoms with Gasteiger partial charge in [0, 0.05) is 10.5 Å². The van der Waals surface area contributed by atoms with Gasteiger partial charge in [-0.15, -0.1) is 0 Å². The lowest BCUT2D eigenvalue weighted by molar-refractivity contribution is 0.482. The van der Waals surface area contributed by atoms with Gasteiger partial charge in [0.2, 0.25) is 0 Å². The first-order valence-corrected chi connectivity index (χ1v) is 7.61. The Hall–Kier alpha value is -1.23. The molecule has 1 fully saturated rings. The molecule has 2 aromatic rings. The minimum absolute atomic E-state index is 0.164. The molecule has 0 bridgehead atoms. The molecule has 1 atom stereocenters. The number of halogens is 1. The van der Waals surface area contributed by atoms with E-state index >= 15 is 0 Å². The van der Waals surface area contributed by atoms with Crippen LogP contribution in [0.2, 0.25) is 0 Å². The second-order valence-corrected chi connectivity index (χ2v) is 6.29. The van der Waals surface area contributed by atoms with E-state index in [-0.39, 0.29) is 5.69 Å². The molecule has 1 aliphatic rings. The Bertz CT molecular complexity index is 640. The molecule has 0 radical (unpaired) electrons. The van der Waals surface area contributed by atoms with Crippen molar-refractivity contribution in [3.05, 3.63) is 27.1 Å². The summed E-state index contributed by atoms with van der Waals surface area (Å²) in [6.07, 6.45) is 5.33. The normalized spacial score (nSPS) is 18.0. The number of H-pyrrole nitrogens is 2. The predicted molar refractivity (Wildman–Crippen MR) is 81.7 cm³/mol. The van der Waals surface area contributed by atoms with E-state index in [1.807, 2.05) is 12.1 Å². The van der Waals surface area contributed by atoms with Crippen molar-refractivity contribution < 1.29 is 0 Å². The number of nitrogens with one attached hydrogen (secondary N) is 3. The van der Waals surface area contributed by atoms with Crippen molar-refractivity contribution in [2.45, 2.75) is 38.6 Å². The molecule has 102 valence electrons. The van der Waals surface area contributed by atoms with Crippen LogP contribution in [0.1, 0.15) is 32.6 Å². The Morgan fingerprint density at radius 3 is 2.58 bits per heavy atom. The highest BCUT2D eigenvalue weighted by molar-refractivity contribution is 9.10. The second-order valence-electron chi connectivity index (χ2n) is 5.43. The van der Waals surface area contributed by atoms with Crippen molar-refractivity contribution in [1.82, 2.24) is 9.97 Å². The molecule has 1 heterocycles. The number of fused-ring (bicyclic) bond motifs is 1. The van der Waals surface area contributed by atoms with Crippen LogP contribution >= 0.6 is 15.9 Å². The van der Waals surface area contributed by atoms with Gasteiger partial charge >= 0.3 is 5.69 Å². The molecule has 1 unspecified atom stereocenters. The summed E-state index contributed by atoms with van der Waals surface area (Å²) in [7, 11) is 0. The fourth-order valence-corrected chi connectivity index (χ4v) is 3.44. The summed E-state index contributed by atoms with van der Waals surface area (Å²) in [4.78, 5) is 16.9. The lowest BCUT2D eigenvalue weighted by Gasteiger charge is -2.22. The monoisotopic (exact) mass is 323 g/mol. The highest BCUT2D eigenvalue weighted by atomic mass is 79.9. The maximum absolute atomic E-state index is 11.3. The molecule has 0 saturated heterocycles. The Labute approximate surface area is 120 Å². The van der Waals surface area contributed by atoms with Crippen molar-refractivity contribution in [3.8, 4) is 0 Å². The standard InChI is InChI=1S/C14H18BrN3O/c1-8(9-4-2-3-5-9)16-11-7-13-12(6-10(11)15)17-14(19)18-13/h6-9,16H,2-5H2,1H3,(H2,17,18,19). The number of imidazole rings is 1. The minimum Gasteiger partial charge on any atom is -0.381 e. The number of rotatable bonds is 3. The molecule has 0 amide bonds. The number of aromatic amines is 2. The molecule has 3 N–H and O–H groups in total. The van der Waals surface area contributed by atoms with Gasteiger partial charge in [-0.1, -0.05) is 12.8 Å². The first-order chi connectivity index (χ1) is 9.13. The molecule has 1 saturated carbocycles. The van der Waals surface area contributed by atoms with Crippen LogP contribution < -0.4 is 11.0 Å². The predicted octanol–water partition coefficient (Wildman–Crippen LogP) is 3.61. The SMILES string of the molecule is CC(Nc1cc2[nH]c(=O)[nH]c2cc1Br)C1CCCC1. The molecule has 5 heteroatoms. The van der Waals surface area contributed by atoms with Gasteiger partial charge in [0.05, 0.1) is 16.7 Å². The molecule has 4 nitrogen and oxygen atoms in total. The number of aromatic nitrogens is 2. The van der Waals surface area contributed by atoms with Crippen LogP contribution in [0.25, 0.3) is 11.0 Å². The fourth-order valence-electron chi connectivity index (χ4n) is 2.99. The summed E-state index contributed by atoms with van der Waals surface area (Å²) in [5, 5.41) is 3.57. The van der Waals surface area contributed by atoms with Crippen molar-refractivity contribution in [2.24, 2.45) is 5.92 Å². The summed E-state index contributed by atoms with van der Waals surface area (Å²) in [6.45, 7) is 2.24. The summed E-state index contributed by atoms with van der Waals surface area (Å²) >= 11 is 3.57. The summed E-state index contributed by atoms with van der Waals surface area (Å²) in [5.41, 5.74) is 2.55. The summed E-state index contributed by atoms with van der Waals surface area (Å²) in [6, 6.07) is 4.39. The van der Waals surface area contributed by atoms with Crippen LogP contribution in [-0.4, -0.2) is 16.0 Å². The van der Waals surface area contributed by atoms with Crippen molar-refractivity contribution in [2.75, 3.05) is 5.32 Å². The Kier molecular flexibility index (Phi) is 3.39. The van der Waals surface area contributed by atoms with Gasteiger partial charge < -0.3 is 15.3 Å². The third-order valence-corrected chi connectivity index (χ3v) is 4.75. The summed E-state index contributed by atoms with van der Waals surface area (Å²) in [5.74, 6) is 0.757. The van der Waals surface area contributed by atoms with Gasteiger partial charge in [0.25, 0.3) is 0 Å². The molecular formula is C14H18BrN3O. The lowest BCUT2D eigenvalue weighted by Crippen LogP contribution is -2.23. The second kappa shape index (κ2) is 5.04. The molecular weight excluding hydrogens is 306 g/mol. The average molecular weight is 324 g/mol. The van der Waals surface area contributed by atoms with Crippen LogP contribution in [-0.2, 0) is 0 Å². The zero-order valence-corrected chi connectivity index (χ0v) is 12.5. The van der Waals surface area contributed by atoms with Crippen LogP contribution in [0.5, 0.6) is 0 Å². The van der Waals surface area contributed by atoms with Crippen molar-refractivity contribution in [3.63, 3.8) is 0 Å². The largest absolute Gasteiger partial charge is 0.381 e. The Morgan fingerprint density at radius 1 is 1.26 bits per heavy atom. The fraction of sp³-hybridized carbons (Fsp3) is 0.500. The van der Waals surface area contributed by atoms with Gasteiger partial charge in [-0.25, -0.2) is 4.79 Å². The van der Waals surface area contributed by atoms with Crippen LogP contribution in [0.4, 0.5) is 5.69 Å². The molecule has 0 spiro atoms. The van der Waals surface area contributed by atoms with E-state index in [9.17, 15) is 4.79 Å². The highest BCUT2D eigenvalue weighted by Crippen LogP contribution is 2.32. The molecule has 1 aromatic carbocycles. The van der Waals surface area contributed by atoms with E-state index in [1.54, 1.807) is 0 Å². The van der Waals surface area contributed by atoms with E-state index in [0.29, 0.717) is 6.04 Å². The average Bonchev–Trinajstić information content (AvgIpc) is 2.97. The zero-order valence-electron chi connectivity index (χ0n) is 10.9. The van der Waals surface area contributed by atoms with Crippen LogP contribution in [0, 0.1) is 5.92 Å². The first-order valence-electron chi connectivity index (χ1n) is 6.81. The van der Waals surface area contributed by atoms with E-state index < -0.39 is 0 Å². The van der Waals surface area contributed by atoms with Gasteiger partial charge in [0.1, 0.15) is 0 Å². The van der Waals surface area contributed by atoms with Crippen molar-refractivity contribution >= 4 is 32.7 Å². The number of hydrogen-bond donors (Lipinski definition) is 3. The van der Waals surface area contributed by atoms with Gasteiger partial charge in [-0.3, -0.25) is 0 Å². The molecule has 1 aliphatic carbocycles. The van der Waals surface area contributed by atoms with Crippen LogP contribution in [0.3, 0.4) is 0 Å². The van der Waals surface area contributed by atoms with E-state index in [2.05, 4.69) is 38.1 Å². The van der Waals surface area contributed by atoms with Gasteiger partial charge in [0.15, 0.2) is 0 Å². The topological polar surface area (TPSA) is 60.7 Å². The first kappa shape index (κ1) is 12.8. The van der Waals surface area contributed by atoms with E-state index in [4.69, 9.17) is 0 Å². The summed E-state index contributed by atoms with van der Waals surface area (Å²) < 4.78 is 0.986. The quantitative estimate of drug-likeness (QED) is 0.808. The Morgan fingerprint density at radius 2 is 1.89 bits per heavy atom. The molecule has 3 rings (SSSR count). The number of hydrogen-bond acceptors (Lipinski definition) is 2. The number of benzene rings is 1. The van der Waals surface area contributed by atoms with Crippen LogP contribution in [0.15, 0.2) is 21.4 Å². The Balaban J connectivity index is 1.86. The van der Waals surface area contributed by atoms with Crippen molar-refractivity contribution in [1.29, 1.82) is 0 Å². The van der Waals surface area contributed by atoms with Gasteiger partial charge in [-0.05, 0) is 53.7 Å². The smallest absolute Gasteiger partial charge is 0.323 e.